The molecule has 2 aliphatic heterocycles. The van der Waals surface area contributed by atoms with E-state index in [2.05, 4.69) is 16.8 Å². The Labute approximate surface area is 98.8 Å². The van der Waals surface area contributed by atoms with Gasteiger partial charge in [0.1, 0.15) is 0 Å². The van der Waals surface area contributed by atoms with Gasteiger partial charge in [-0.2, -0.15) is 0 Å². The lowest BCUT2D eigenvalue weighted by Gasteiger charge is -2.31. The largest absolute Gasteiger partial charge is 0.378 e. The van der Waals surface area contributed by atoms with Gasteiger partial charge < -0.3 is 15.0 Å². The fraction of sp³-hybridized carbons (Fsp3) is 0.846. The quantitative estimate of drug-likeness (QED) is 0.785. The number of piperidine rings is 1. The molecule has 0 aromatic heterocycles. The Hall–Kier alpha value is -0.540. The Balaban J connectivity index is 1.65. The van der Waals surface area contributed by atoms with Crippen molar-refractivity contribution in [3.05, 3.63) is 12.3 Å². The molecule has 2 fully saturated rings. The van der Waals surface area contributed by atoms with Crippen LogP contribution in [0, 0.1) is 5.92 Å². The summed E-state index contributed by atoms with van der Waals surface area (Å²) in [5.41, 5.74) is 1.32. The molecule has 1 N–H and O–H groups in total. The highest BCUT2D eigenvalue weighted by Crippen LogP contribution is 2.21. The molecule has 92 valence electrons. The fourth-order valence-electron chi connectivity index (χ4n) is 2.58. The van der Waals surface area contributed by atoms with E-state index in [1.165, 1.54) is 44.5 Å². The van der Waals surface area contributed by atoms with E-state index in [1.807, 2.05) is 0 Å². The first kappa shape index (κ1) is 11.9. The van der Waals surface area contributed by atoms with E-state index in [0.29, 0.717) is 0 Å². The van der Waals surface area contributed by atoms with Crippen LogP contribution in [0.2, 0.25) is 0 Å². The van der Waals surface area contributed by atoms with Crippen molar-refractivity contribution in [1.29, 1.82) is 0 Å². The molecule has 0 atom stereocenters. The molecule has 0 aromatic rings. The summed E-state index contributed by atoms with van der Waals surface area (Å²) in [5.74, 6) is 0.916. The molecule has 2 rings (SSSR count). The highest BCUT2D eigenvalue weighted by molar-refractivity contribution is 4.95. The van der Waals surface area contributed by atoms with Crippen LogP contribution in [0.3, 0.4) is 0 Å². The molecule has 2 heterocycles. The smallest absolute Gasteiger partial charge is 0.0642 e. The number of hydrogen-bond donors (Lipinski definition) is 1. The first-order valence-corrected chi connectivity index (χ1v) is 6.57. The van der Waals surface area contributed by atoms with E-state index in [4.69, 9.17) is 4.74 Å². The molecular weight excluding hydrogens is 200 g/mol. The molecule has 0 amide bonds. The van der Waals surface area contributed by atoms with Gasteiger partial charge in [-0.05, 0) is 44.7 Å². The van der Waals surface area contributed by atoms with Crippen molar-refractivity contribution < 1.29 is 4.74 Å². The number of rotatable bonds is 4. The van der Waals surface area contributed by atoms with E-state index in [1.54, 1.807) is 0 Å². The average Bonchev–Trinajstić information content (AvgIpc) is 2.38. The maximum atomic E-state index is 5.35. The van der Waals surface area contributed by atoms with Crippen LogP contribution in [0.25, 0.3) is 0 Å². The summed E-state index contributed by atoms with van der Waals surface area (Å²) < 4.78 is 5.35. The molecule has 0 radical (unpaired) electrons. The molecule has 0 saturated carbocycles. The summed E-state index contributed by atoms with van der Waals surface area (Å²) >= 11 is 0. The Morgan fingerprint density at radius 3 is 2.62 bits per heavy atom. The van der Waals surface area contributed by atoms with E-state index < -0.39 is 0 Å². The number of hydrogen-bond acceptors (Lipinski definition) is 3. The highest BCUT2D eigenvalue weighted by Gasteiger charge is 2.16. The Morgan fingerprint density at radius 2 is 1.94 bits per heavy atom. The van der Waals surface area contributed by atoms with Crippen molar-refractivity contribution in [2.75, 3.05) is 39.4 Å². The SMILES string of the molecule is C=C(CCC1CCNCC1)N1CCOCC1. The Bertz CT molecular complexity index is 218. The third kappa shape index (κ3) is 3.49. The van der Waals surface area contributed by atoms with E-state index in [9.17, 15) is 0 Å². The zero-order valence-electron chi connectivity index (χ0n) is 10.2. The molecule has 2 saturated heterocycles. The molecule has 0 bridgehead atoms. The predicted octanol–water partition coefficient (Wildman–Crippen LogP) is 1.61. The minimum Gasteiger partial charge on any atom is -0.378 e. The molecule has 16 heavy (non-hydrogen) atoms. The number of nitrogens with zero attached hydrogens (tertiary/aromatic N) is 1. The van der Waals surface area contributed by atoms with Crippen LogP contribution in [-0.2, 0) is 4.74 Å². The van der Waals surface area contributed by atoms with Gasteiger partial charge in [-0.25, -0.2) is 0 Å². The number of morpholine rings is 1. The van der Waals surface area contributed by atoms with Crippen LogP contribution >= 0.6 is 0 Å². The minimum absolute atomic E-state index is 0.867. The van der Waals surface area contributed by atoms with Gasteiger partial charge in [0, 0.05) is 18.8 Å². The van der Waals surface area contributed by atoms with E-state index in [0.717, 1.165) is 32.2 Å². The van der Waals surface area contributed by atoms with E-state index >= 15 is 0 Å². The first-order valence-electron chi connectivity index (χ1n) is 6.57. The summed E-state index contributed by atoms with van der Waals surface area (Å²) in [6.07, 6.45) is 5.18. The topological polar surface area (TPSA) is 24.5 Å². The second-order valence-electron chi connectivity index (χ2n) is 4.90. The lowest BCUT2D eigenvalue weighted by molar-refractivity contribution is 0.0518. The minimum atomic E-state index is 0.867. The van der Waals surface area contributed by atoms with Gasteiger partial charge in [0.15, 0.2) is 0 Å². The van der Waals surface area contributed by atoms with Gasteiger partial charge in [0.2, 0.25) is 0 Å². The second kappa shape index (κ2) is 6.26. The lowest BCUT2D eigenvalue weighted by Crippen LogP contribution is -2.35. The number of allylic oxidation sites excluding steroid dienone is 1. The third-order valence-electron chi connectivity index (χ3n) is 3.76. The summed E-state index contributed by atoms with van der Waals surface area (Å²) in [5, 5.41) is 3.42. The van der Waals surface area contributed by atoms with Crippen molar-refractivity contribution in [1.82, 2.24) is 10.2 Å². The van der Waals surface area contributed by atoms with Crippen LogP contribution in [0.1, 0.15) is 25.7 Å². The van der Waals surface area contributed by atoms with Crippen LogP contribution < -0.4 is 5.32 Å². The third-order valence-corrected chi connectivity index (χ3v) is 3.76. The Kier molecular flexibility index (Phi) is 4.67. The van der Waals surface area contributed by atoms with Gasteiger partial charge in [0.05, 0.1) is 13.2 Å². The fourth-order valence-corrected chi connectivity index (χ4v) is 2.58. The first-order chi connectivity index (χ1) is 7.86. The monoisotopic (exact) mass is 224 g/mol. The second-order valence-corrected chi connectivity index (χ2v) is 4.90. The van der Waals surface area contributed by atoms with Gasteiger partial charge in [-0.15, -0.1) is 0 Å². The van der Waals surface area contributed by atoms with Crippen LogP contribution in [0.15, 0.2) is 12.3 Å². The van der Waals surface area contributed by atoms with Gasteiger partial charge >= 0.3 is 0 Å². The van der Waals surface area contributed by atoms with Crippen LogP contribution in [0.5, 0.6) is 0 Å². The summed E-state index contributed by atoms with van der Waals surface area (Å²) in [7, 11) is 0. The zero-order valence-corrected chi connectivity index (χ0v) is 10.2. The molecular formula is C13H24N2O. The van der Waals surface area contributed by atoms with E-state index in [-0.39, 0.29) is 0 Å². The number of ether oxygens (including phenoxy) is 1. The van der Waals surface area contributed by atoms with Crippen molar-refractivity contribution in [2.45, 2.75) is 25.7 Å². The van der Waals surface area contributed by atoms with Crippen molar-refractivity contribution in [2.24, 2.45) is 5.92 Å². The summed E-state index contributed by atoms with van der Waals surface area (Å²) in [4.78, 5) is 2.39. The van der Waals surface area contributed by atoms with Crippen LogP contribution in [0.4, 0.5) is 0 Å². The molecule has 3 heteroatoms. The molecule has 0 spiro atoms. The highest BCUT2D eigenvalue weighted by atomic mass is 16.5. The standard InChI is InChI=1S/C13H24N2O/c1-12(15-8-10-16-11-9-15)2-3-13-4-6-14-7-5-13/h13-14H,1-11H2. The normalized spacial score (nSPS) is 23.4. The Morgan fingerprint density at radius 1 is 1.25 bits per heavy atom. The molecule has 0 aliphatic carbocycles. The molecule has 3 nitrogen and oxygen atoms in total. The van der Waals surface area contributed by atoms with Gasteiger partial charge in [-0.1, -0.05) is 6.58 Å². The number of nitrogens with one attached hydrogen (secondary N) is 1. The average molecular weight is 224 g/mol. The summed E-state index contributed by atoms with van der Waals surface area (Å²) in [6, 6.07) is 0. The zero-order chi connectivity index (χ0) is 11.2. The molecule has 0 unspecified atom stereocenters. The molecule has 2 aliphatic rings. The maximum absolute atomic E-state index is 5.35. The van der Waals surface area contributed by atoms with Crippen molar-refractivity contribution >= 4 is 0 Å². The predicted molar refractivity (Wildman–Crippen MR) is 66.4 cm³/mol. The van der Waals surface area contributed by atoms with Crippen molar-refractivity contribution in [3.8, 4) is 0 Å². The van der Waals surface area contributed by atoms with Crippen molar-refractivity contribution in [3.63, 3.8) is 0 Å². The van der Waals surface area contributed by atoms with Gasteiger partial charge in [-0.3, -0.25) is 0 Å². The van der Waals surface area contributed by atoms with Gasteiger partial charge in [0.25, 0.3) is 0 Å². The lowest BCUT2D eigenvalue weighted by atomic mass is 9.92. The van der Waals surface area contributed by atoms with Crippen LogP contribution in [-0.4, -0.2) is 44.3 Å². The molecule has 0 aromatic carbocycles. The summed E-state index contributed by atoms with van der Waals surface area (Å²) in [6.45, 7) is 10.4. The maximum Gasteiger partial charge on any atom is 0.0642 e.